The van der Waals surface area contributed by atoms with Gasteiger partial charge in [-0.1, -0.05) is 36.4 Å². The van der Waals surface area contributed by atoms with Gasteiger partial charge in [0.1, 0.15) is 17.7 Å². The quantitative estimate of drug-likeness (QED) is 0.282. The second kappa shape index (κ2) is 11.9. The van der Waals surface area contributed by atoms with Crippen molar-refractivity contribution in [2.24, 2.45) is 0 Å². The number of nitro groups is 1. The van der Waals surface area contributed by atoms with Crippen molar-refractivity contribution in [2.45, 2.75) is 64.3 Å². The minimum atomic E-state index is -0.653. The molecule has 1 aliphatic heterocycles. The van der Waals surface area contributed by atoms with Gasteiger partial charge in [-0.15, -0.1) is 0 Å². The third-order valence-corrected chi connectivity index (χ3v) is 6.70. The number of amides is 1. The van der Waals surface area contributed by atoms with E-state index in [0.29, 0.717) is 37.1 Å². The van der Waals surface area contributed by atoms with Gasteiger partial charge in [-0.05, 0) is 74.1 Å². The molecule has 7 nitrogen and oxygen atoms in total. The zero-order valence-corrected chi connectivity index (χ0v) is 22.3. The number of nitrogens with one attached hydrogen (secondary N) is 1. The van der Waals surface area contributed by atoms with Crippen LogP contribution in [0.4, 0.5) is 19.3 Å². The summed E-state index contributed by atoms with van der Waals surface area (Å²) < 4.78 is 34.5. The van der Waals surface area contributed by atoms with Crippen LogP contribution in [0.5, 0.6) is 0 Å². The predicted molar refractivity (Wildman–Crippen MR) is 144 cm³/mol. The van der Waals surface area contributed by atoms with Gasteiger partial charge in [-0.3, -0.25) is 15.0 Å². The summed E-state index contributed by atoms with van der Waals surface area (Å²) in [7, 11) is 0. The first kappa shape index (κ1) is 28.2. The van der Waals surface area contributed by atoms with Gasteiger partial charge in [0.25, 0.3) is 5.69 Å². The van der Waals surface area contributed by atoms with Gasteiger partial charge in [-0.25, -0.2) is 13.6 Å². The highest BCUT2D eigenvalue weighted by Crippen LogP contribution is 2.28. The number of ether oxygens (including phenoxy) is 1. The number of hydrogen-bond donors (Lipinski definition) is 1. The molecule has 0 aromatic heterocycles. The van der Waals surface area contributed by atoms with Crippen molar-refractivity contribution >= 4 is 11.8 Å². The first-order valence-electron chi connectivity index (χ1n) is 12.9. The summed E-state index contributed by atoms with van der Waals surface area (Å²) in [4.78, 5) is 25.8. The Morgan fingerprint density at radius 3 is 2.59 bits per heavy atom. The Bertz CT molecular complexity index is 1340. The Hall–Kier alpha value is -3.85. The second-order valence-corrected chi connectivity index (χ2v) is 11.0. The van der Waals surface area contributed by atoms with Gasteiger partial charge < -0.3 is 10.1 Å². The van der Waals surface area contributed by atoms with E-state index in [4.69, 9.17) is 4.74 Å². The van der Waals surface area contributed by atoms with Crippen LogP contribution in [0.25, 0.3) is 0 Å². The van der Waals surface area contributed by atoms with Gasteiger partial charge in [0.05, 0.1) is 4.92 Å². The second-order valence-electron chi connectivity index (χ2n) is 11.0. The number of halogens is 2. The van der Waals surface area contributed by atoms with Crippen molar-refractivity contribution in [1.29, 1.82) is 0 Å². The van der Waals surface area contributed by atoms with Crippen LogP contribution in [-0.2, 0) is 30.5 Å². The average molecular weight is 538 g/mol. The number of rotatable bonds is 8. The molecule has 9 heteroatoms. The molecule has 0 spiro atoms. The molecular formula is C30H33F2N3O4. The smallest absolute Gasteiger partial charge is 0.407 e. The van der Waals surface area contributed by atoms with Gasteiger partial charge in [-0.2, -0.15) is 0 Å². The molecule has 1 amide bonds. The summed E-state index contributed by atoms with van der Waals surface area (Å²) in [5.74, 6) is -0.631. The van der Waals surface area contributed by atoms with Crippen molar-refractivity contribution in [3.05, 3.63) is 111 Å². The Labute approximate surface area is 226 Å². The Morgan fingerprint density at radius 1 is 1.10 bits per heavy atom. The maximum absolute atomic E-state index is 14.6. The first-order chi connectivity index (χ1) is 18.5. The summed E-state index contributed by atoms with van der Waals surface area (Å²) >= 11 is 0. The maximum Gasteiger partial charge on any atom is 0.407 e. The molecule has 2 unspecified atom stereocenters. The van der Waals surface area contributed by atoms with Crippen molar-refractivity contribution in [3.63, 3.8) is 0 Å². The van der Waals surface area contributed by atoms with E-state index < -0.39 is 22.7 Å². The fourth-order valence-corrected chi connectivity index (χ4v) is 4.95. The Balaban J connectivity index is 1.63. The lowest BCUT2D eigenvalue weighted by Crippen LogP contribution is -2.48. The lowest BCUT2D eigenvalue weighted by Gasteiger charge is -2.39. The normalized spacial score (nSPS) is 16.3. The van der Waals surface area contributed by atoms with Crippen molar-refractivity contribution in [1.82, 2.24) is 10.2 Å². The number of benzene rings is 3. The molecule has 3 aromatic rings. The molecule has 2 atom stereocenters. The number of carbonyl (C=O) groups excluding carboxylic acids is 1. The van der Waals surface area contributed by atoms with E-state index in [1.54, 1.807) is 36.4 Å². The summed E-state index contributed by atoms with van der Waals surface area (Å²) in [5, 5.41) is 14.1. The zero-order chi connectivity index (χ0) is 28.2. The van der Waals surface area contributed by atoms with Gasteiger partial charge in [0.15, 0.2) is 0 Å². The van der Waals surface area contributed by atoms with Gasteiger partial charge >= 0.3 is 6.09 Å². The molecule has 0 saturated heterocycles. The average Bonchev–Trinajstić information content (AvgIpc) is 2.84. The van der Waals surface area contributed by atoms with Gasteiger partial charge in [0, 0.05) is 43.2 Å². The molecule has 0 fully saturated rings. The van der Waals surface area contributed by atoms with Crippen molar-refractivity contribution in [2.75, 3.05) is 6.54 Å². The van der Waals surface area contributed by atoms with E-state index in [1.165, 1.54) is 30.3 Å². The lowest BCUT2D eigenvalue weighted by molar-refractivity contribution is -0.384. The molecule has 3 aromatic carbocycles. The molecule has 0 saturated carbocycles. The van der Waals surface area contributed by atoms with Crippen molar-refractivity contribution in [3.8, 4) is 0 Å². The van der Waals surface area contributed by atoms with E-state index in [-0.39, 0.29) is 29.8 Å². The minimum absolute atomic E-state index is 0.0447. The molecule has 39 heavy (non-hydrogen) atoms. The fraction of sp³-hybridized carbons (Fsp3) is 0.367. The standard InChI is InChI=1S/C30H33F2N3O4/c1-30(2,3)33-29(36)39-27(14-20-7-6-9-25(13-20)35(37)38)19-34-18-22-11-12-24(31)15-23(22)17-26(34)16-21-8-4-5-10-28(21)32/h4-13,15,26-27H,14,16-19H2,1-3H3,(H,33,36). The van der Waals surface area contributed by atoms with E-state index in [0.717, 1.165) is 11.1 Å². The largest absolute Gasteiger partial charge is 0.445 e. The third kappa shape index (κ3) is 7.83. The molecular weight excluding hydrogens is 504 g/mol. The van der Waals surface area contributed by atoms with Crippen LogP contribution in [-0.4, -0.2) is 40.1 Å². The highest BCUT2D eigenvalue weighted by molar-refractivity contribution is 5.68. The monoisotopic (exact) mass is 537 g/mol. The SMILES string of the molecule is CC(C)(C)NC(=O)OC(Cc1cccc([N+](=O)[O-])c1)CN1Cc2ccc(F)cc2CC1Cc1ccccc1F. The number of nitro benzene ring substituents is 1. The summed E-state index contributed by atoms with van der Waals surface area (Å²) in [6.07, 6.45) is -0.111. The summed E-state index contributed by atoms with van der Waals surface area (Å²) in [5.41, 5.74) is 2.46. The number of hydrogen-bond acceptors (Lipinski definition) is 5. The molecule has 1 heterocycles. The Morgan fingerprint density at radius 2 is 1.87 bits per heavy atom. The predicted octanol–water partition coefficient (Wildman–Crippen LogP) is 5.98. The molecule has 0 aliphatic carbocycles. The number of alkyl carbamates (subject to hydrolysis) is 1. The summed E-state index contributed by atoms with van der Waals surface area (Å²) in [6, 6.07) is 17.3. The van der Waals surface area contributed by atoms with E-state index in [2.05, 4.69) is 10.2 Å². The van der Waals surface area contributed by atoms with E-state index >= 15 is 0 Å². The van der Waals surface area contributed by atoms with Crippen LogP contribution in [0.2, 0.25) is 0 Å². The van der Waals surface area contributed by atoms with E-state index in [9.17, 15) is 23.7 Å². The van der Waals surface area contributed by atoms with Crippen LogP contribution in [0.3, 0.4) is 0 Å². The molecule has 1 aliphatic rings. The lowest BCUT2D eigenvalue weighted by atomic mass is 9.89. The number of carbonyl (C=O) groups is 1. The maximum atomic E-state index is 14.6. The fourth-order valence-electron chi connectivity index (χ4n) is 4.95. The van der Waals surface area contributed by atoms with Crippen LogP contribution in [0, 0.1) is 21.7 Å². The van der Waals surface area contributed by atoms with Crippen molar-refractivity contribution < 1.29 is 23.2 Å². The molecule has 0 bridgehead atoms. The molecule has 0 radical (unpaired) electrons. The summed E-state index contributed by atoms with van der Waals surface area (Å²) in [6.45, 7) is 6.29. The molecule has 4 rings (SSSR count). The van der Waals surface area contributed by atoms with Crippen LogP contribution in [0.15, 0.2) is 66.7 Å². The van der Waals surface area contributed by atoms with Gasteiger partial charge in [0.2, 0.25) is 0 Å². The van der Waals surface area contributed by atoms with Crippen LogP contribution < -0.4 is 5.32 Å². The highest BCUT2D eigenvalue weighted by Gasteiger charge is 2.31. The zero-order valence-electron chi connectivity index (χ0n) is 22.3. The molecule has 206 valence electrons. The van der Waals surface area contributed by atoms with Crippen LogP contribution >= 0.6 is 0 Å². The minimum Gasteiger partial charge on any atom is -0.445 e. The van der Waals surface area contributed by atoms with Crippen LogP contribution in [0.1, 0.15) is 43.0 Å². The first-order valence-corrected chi connectivity index (χ1v) is 12.9. The van der Waals surface area contributed by atoms with E-state index in [1.807, 2.05) is 20.8 Å². The number of fused-ring (bicyclic) bond motifs is 1. The number of non-ortho nitro benzene ring substituents is 1. The third-order valence-electron chi connectivity index (χ3n) is 6.70. The molecule has 1 N–H and O–H groups in total. The number of nitrogens with zero attached hydrogens (tertiary/aromatic N) is 2. The Kier molecular flexibility index (Phi) is 8.60. The topological polar surface area (TPSA) is 84.7 Å². The highest BCUT2D eigenvalue weighted by atomic mass is 19.1.